The molecule has 1 N–H and O–H groups in total. The number of allylic oxidation sites excluding steroid dienone is 4. The molecule has 3 saturated carbocycles. The Kier molecular flexibility index (Phi) is 5.33. The van der Waals surface area contributed by atoms with Crippen LogP contribution < -0.4 is 0 Å². The van der Waals surface area contributed by atoms with Gasteiger partial charge in [0.15, 0.2) is 5.78 Å². The number of hydrogen-bond donors (Lipinski definition) is 1. The van der Waals surface area contributed by atoms with Crippen molar-refractivity contribution in [3.8, 4) is 0 Å². The summed E-state index contributed by atoms with van der Waals surface area (Å²) in [6.07, 6.45) is 13.9. The number of carbonyl (C=O) groups excluding carboxylic acids is 2. The number of thiophene rings is 1. The van der Waals surface area contributed by atoms with Crippen LogP contribution in [0.1, 0.15) is 81.8 Å². The highest BCUT2D eigenvalue weighted by Crippen LogP contribution is 2.79. The van der Waals surface area contributed by atoms with E-state index in [1.807, 2.05) is 17.0 Å². The SMILES string of the molecule is CCCN1C[C@@]2(CC[C@H]3[C@]45C=C[C@@]6(C=C4C(=O)c4cc7ccccc7s4)C[C@@H](O)CC[C@]6(C)[C@H]5CC[C@@]32C)OC1=O. The average molecular weight is 572 g/mol. The third-order valence-corrected chi connectivity index (χ3v) is 14.2. The fraction of sp³-hybridized carbons (Fsp3) is 0.600. The lowest BCUT2D eigenvalue weighted by molar-refractivity contribution is -0.164. The number of carbonyl (C=O) groups is 2. The van der Waals surface area contributed by atoms with Crippen molar-refractivity contribution in [1.29, 1.82) is 0 Å². The van der Waals surface area contributed by atoms with Gasteiger partial charge < -0.3 is 14.7 Å². The number of nitrogens with zero attached hydrogens (tertiary/aromatic N) is 1. The van der Waals surface area contributed by atoms with Crippen molar-refractivity contribution in [3.05, 3.63) is 59.0 Å². The number of fused-ring (bicyclic) bond motifs is 3. The van der Waals surface area contributed by atoms with Crippen LogP contribution in [0, 0.1) is 33.5 Å². The Labute approximate surface area is 246 Å². The van der Waals surface area contributed by atoms with Crippen LogP contribution in [0.2, 0.25) is 0 Å². The molecule has 0 unspecified atom stereocenters. The maximum Gasteiger partial charge on any atom is 0.410 e. The maximum atomic E-state index is 14.8. The summed E-state index contributed by atoms with van der Waals surface area (Å²) in [5, 5.41) is 12.0. The van der Waals surface area contributed by atoms with Crippen LogP contribution in [0.4, 0.5) is 4.79 Å². The first-order valence-electron chi connectivity index (χ1n) is 15.7. The Bertz CT molecular complexity index is 1510. The van der Waals surface area contributed by atoms with Gasteiger partial charge in [-0.15, -0.1) is 11.3 Å². The lowest BCUT2D eigenvalue weighted by Crippen LogP contribution is -2.67. The van der Waals surface area contributed by atoms with Crippen molar-refractivity contribution in [2.45, 2.75) is 83.8 Å². The molecule has 2 bridgehead atoms. The number of aliphatic hydroxyl groups excluding tert-OH is 1. The molecule has 41 heavy (non-hydrogen) atoms. The van der Waals surface area contributed by atoms with E-state index in [0.29, 0.717) is 18.9 Å². The topological polar surface area (TPSA) is 66.8 Å². The van der Waals surface area contributed by atoms with Crippen LogP contribution >= 0.6 is 11.3 Å². The van der Waals surface area contributed by atoms with Gasteiger partial charge in [0.2, 0.25) is 0 Å². The molecule has 216 valence electrons. The lowest BCUT2D eigenvalue weighted by Gasteiger charge is -2.71. The molecule has 8 atom stereocenters. The molecule has 0 radical (unpaired) electrons. The highest BCUT2D eigenvalue weighted by molar-refractivity contribution is 7.21. The predicted octanol–water partition coefficient (Wildman–Crippen LogP) is 7.55. The second-order valence-electron chi connectivity index (χ2n) is 14.5. The zero-order valence-corrected chi connectivity index (χ0v) is 25.3. The second-order valence-corrected chi connectivity index (χ2v) is 15.6. The number of amides is 1. The molecule has 2 heterocycles. The summed E-state index contributed by atoms with van der Waals surface area (Å²) in [4.78, 5) is 30.6. The number of aliphatic hydroxyl groups is 1. The van der Waals surface area contributed by atoms with Crippen LogP contribution in [0.25, 0.3) is 10.1 Å². The van der Waals surface area contributed by atoms with E-state index in [9.17, 15) is 14.7 Å². The Morgan fingerprint density at radius 2 is 1.83 bits per heavy atom. The fourth-order valence-corrected chi connectivity index (χ4v) is 12.1. The maximum absolute atomic E-state index is 14.8. The Morgan fingerprint density at radius 1 is 1.07 bits per heavy atom. The lowest BCUT2D eigenvalue weighted by atomic mass is 9.32. The van der Waals surface area contributed by atoms with E-state index in [-0.39, 0.29) is 40.1 Å². The molecule has 1 aromatic heterocycles. The van der Waals surface area contributed by atoms with Gasteiger partial charge in [-0.2, -0.15) is 0 Å². The third-order valence-electron chi connectivity index (χ3n) is 13.1. The minimum atomic E-state index is -0.501. The minimum Gasteiger partial charge on any atom is -0.440 e. The molecule has 4 fully saturated rings. The van der Waals surface area contributed by atoms with E-state index in [1.54, 1.807) is 11.3 Å². The van der Waals surface area contributed by atoms with Gasteiger partial charge in [-0.3, -0.25) is 4.79 Å². The summed E-state index contributed by atoms with van der Waals surface area (Å²) in [5.41, 5.74) is -0.478. The molecule has 3 spiro atoms. The molecule has 6 heteroatoms. The minimum absolute atomic E-state index is 0.0113. The van der Waals surface area contributed by atoms with Crippen LogP contribution in [0.5, 0.6) is 0 Å². The van der Waals surface area contributed by atoms with Crippen molar-refractivity contribution >= 4 is 33.3 Å². The van der Waals surface area contributed by atoms with Crippen LogP contribution in [0.3, 0.4) is 0 Å². The van der Waals surface area contributed by atoms with Gasteiger partial charge in [-0.25, -0.2) is 4.79 Å². The van der Waals surface area contributed by atoms with Crippen molar-refractivity contribution in [3.63, 3.8) is 0 Å². The van der Waals surface area contributed by atoms with Gasteiger partial charge in [0.05, 0.1) is 17.5 Å². The molecular formula is C35H41NO4S. The van der Waals surface area contributed by atoms with Gasteiger partial charge in [-0.1, -0.05) is 57.2 Å². The summed E-state index contributed by atoms with van der Waals surface area (Å²) in [6, 6.07) is 10.3. The first-order chi connectivity index (χ1) is 19.6. The van der Waals surface area contributed by atoms with Gasteiger partial charge in [0.1, 0.15) is 5.60 Å². The Hall–Kier alpha value is -2.44. The molecule has 7 aliphatic rings. The van der Waals surface area contributed by atoms with Gasteiger partial charge in [0.25, 0.3) is 0 Å². The molecule has 5 nitrogen and oxygen atoms in total. The summed E-state index contributed by atoms with van der Waals surface area (Å²) >= 11 is 1.60. The summed E-state index contributed by atoms with van der Waals surface area (Å²) in [5.74, 6) is 0.692. The number of benzene rings is 1. The largest absolute Gasteiger partial charge is 0.440 e. The zero-order chi connectivity index (χ0) is 28.4. The molecule has 6 aliphatic carbocycles. The molecular weight excluding hydrogens is 530 g/mol. The van der Waals surface area contributed by atoms with Crippen LogP contribution in [-0.4, -0.2) is 46.7 Å². The van der Waals surface area contributed by atoms with Crippen molar-refractivity contribution in [1.82, 2.24) is 4.90 Å². The third kappa shape index (κ3) is 3.06. The van der Waals surface area contributed by atoms with Gasteiger partial charge >= 0.3 is 6.09 Å². The number of ketones is 1. The summed E-state index contributed by atoms with van der Waals surface area (Å²) in [7, 11) is 0. The summed E-state index contributed by atoms with van der Waals surface area (Å²) in [6.45, 7) is 8.32. The van der Waals surface area contributed by atoms with E-state index < -0.39 is 11.0 Å². The molecule has 1 saturated heterocycles. The standard InChI is InChI=1S/C35H41NO4S/c1-4-17-36-21-34(40-30(36)39)14-11-28-32(34,3)13-10-27-31(2)12-9-23(37)19-33(31)15-16-35(27,28)24(20-33)29(38)26-18-22-7-5-6-8-25(22)41-26/h5-8,15-16,18,20,23,27-28,37H,4,9-14,17,19,21H2,1-3H3/t23-,27+,28+,31+,32-,33-,34+,35+/m0/s1. The van der Waals surface area contributed by atoms with Gasteiger partial charge in [-0.05, 0) is 86.1 Å². The zero-order valence-electron chi connectivity index (χ0n) is 24.4. The van der Waals surface area contributed by atoms with Crippen molar-refractivity contribution < 1.29 is 19.4 Å². The number of rotatable bonds is 4. The monoisotopic (exact) mass is 571 g/mol. The number of Topliss-reactive ketones (excluding diaryl/α,β-unsaturated/α-hetero) is 1. The van der Waals surface area contributed by atoms with Gasteiger partial charge in [0, 0.05) is 33.1 Å². The van der Waals surface area contributed by atoms with E-state index >= 15 is 0 Å². The molecule has 1 aliphatic heterocycles. The predicted molar refractivity (Wildman–Crippen MR) is 161 cm³/mol. The molecule has 9 rings (SSSR count). The first kappa shape index (κ1) is 26.2. The highest BCUT2D eigenvalue weighted by atomic mass is 32.1. The van der Waals surface area contributed by atoms with Crippen LogP contribution in [-0.2, 0) is 4.74 Å². The first-order valence-corrected chi connectivity index (χ1v) is 16.6. The average Bonchev–Trinajstić information content (AvgIpc) is 3.61. The quantitative estimate of drug-likeness (QED) is 0.304. The second kappa shape index (κ2) is 8.35. The van der Waals surface area contributed by atoms with Crippen molar-refractivity contribution in [2.75, 3.05) is 13.1 Å². The number of hydrogen-bond acceptors (Lipinski definition) is 5. The number of ether oxygens (including phenoxy) is 1. The molecule has 1 aromatic carbocycles. The van der Waals surface area contributed by atoms with E-state index in [4.69, 9.17) is 4.74 Å². The van der Waals surface area contributed by atoms with E-state index in [2.05, 4.69) is 57.2 Å². The highest BCUT2D eigenvalue weighted by Gasteiger charge is 2.76. The normalized spacial score (nSPS) is 44.1. The van der Waals surface area contributed by atoms with Crippen LogP contribution in [0.15, 0.2) is 54.1 Å². The van der Waals surface area contributed by atoms with E-state index in [0.717, 1.165) is 72.0 Å². The molecule has 2 aromatic rings. The fourth-order valence-electron chi connectivity index (χ4n) is 11.1. The Morgan fingerprint density at radius 3 is 2.63 bits per heavy atom. The van der Waals surface area contributed by atoms with E-state index in [1.165, 1.54) is 0 Å². The summed E-state index contributed by atoms with van der Waals surface area (Å²) < 4.78 is 7.56. The smallest absolute Gasteiger partial charge is 0.410 e. The van der Waals surface area contributed by atoms with Crippen molar-refractivity contribution in [2.24, 2.45) is 33.5 Å². The Balaban J connectivity index is 1.30. The molecule has 1 amide bonds.